The van der Waals surface area contributed by atoms with E-state index in [2.05, 4.69) is 0 Å². The lowest BCUT2D eigenvalue weighted by Crippen LogP contribution is -2.21. The van der Waals surface area contributed by atoms with E-state index in [0.29, 0.717) is 32.3 Å². The number of carbonyl (C=O) groups excluding carboxylic acids is 1. The van der Waals surface area contributed by atoms with Crippen LogP contribution in [0.4, 0.5) is 0 Å². The van der Waals surface area contributed by atoms with Crippen LogP contribution in [0.2, 0.25) is 0 Å². The van der Waals surface area contributed by atoms with Crippen molar-refractivity contribution in [3.05, 3.63) is 0 Å². The summed E-state index contributed by atoms with van der Waals surface area (Å²) < 4.78 is 15.0. The van der Waals surface area contributed by atoms with E-state index in [-0.39, 0.29) is 11.9 Å². The fourth-order valence-electron chi connectivity index (χ4n) is 0.849. The Balaban J connectivity index is 3.39. The van der Waals surface area contributed by atoms with Gasteiger partial charge in [-0.05, 0) is 5.92 Å². The van der Waals surface area contributed by atoms with Gasteiger partial charge in [0.1, 0.15) is 6.61 Å². The Hall–Kier alpha value is -0.610. The molecule has 0 spiro atoms. The second-order valence-electron chi connectivity index (χ2n) is 3.81. The van der Waals surface area contributed by atoms with Crippen LogP contribution >= 0.6 is 0 Å². The van der Waals surface area contributed by atoms with Gasteiger partial charge >= 0.3 is 5.97 Å². The fraction of sp³-hybridized carbons (Fsp3) is 0.909. The van der Waals surface area contributed by atoms with Crippen molar-refractivity contribution >= 4 is 5.97 Å². The third-order valence-corrected chi connectivity index (χ3v) is 2.28. The van der Waals surface area contributed by atoms with Crippen LogP contribution in [0.25, 0.3) is 0 Å². The molecule has 0 aromatic rings. The first-order valence-electron chi connectivity index (χ1n) is 5.33. The second kappa shape index (κ2) is 8.68. The fourth-order valence-corrected chi connectivity index (χ4v) is 0.849. The number of carbonyl (C=O) groups is 1. The molecule has 4 heteroatoms. The minimum absolute atomic E-state index is 0.0519. The molecule has 0 heterocycles. The Morgan fingerprint density at radius 1 is 1.07 bits per heavy atom. The molecule has 0 N–H and O–H groups in total. The van der Waals surface area contributed by atoms with E-state index < -0.39 is 0 Å². The van der Waals surface area contributed by atoms with E-state index in [1.54, 1.807) is 7.11 Å². The van der Waals surface area contributed by atoms with E-state index in [4.69, 9.17) is 14.2 Å². The van der Waals surface area contributed by atoms with E-state index in [1.165, 1.54) is 0 Å². The largest absolute Gasteiger partial charge is 0.463 e. The number of ether oxygens (including phenoxy) is 3. The number of esters is 1. The summed E-state index contributed by atoms with van der Waals surface area (Å²) in [4.78, 5) is 11.4. The number of hydrogen-bond acceptors (Lipinski definition) is 4. The van der Waals surface area contributed by atoms with Crippen LogP contribution in [-0.4, -0.2) is 39.5 Å². The van der Waals surface area contributed by atoms with Crippen LogP contribution in [0.15, 0.2) is 0 Å². The zero-order chi connectivity index (χ0) is 11.7. The second-order valence-corrected chi connectivity index (χ2v) is 3.81. The summed E-state index contributed by atoms with van der Waals surface area (Å²) in [6, 6.07) is 0. The van der Waals surface area contributed by atoms with Crippen LogP contribution in [0.3, 0.4) is 0 Å². The zero-order valence-corrected chi connectivity index (χ0v) is 10.1. The molecule has 0 aromatic heterocycles. The van der Waals surface area contributed by atoms with Crippen molar-refractivity contribution in [2.24, 2.45) is 11.8 Å². The van der Waals surface area contributed by atoms with Crippen molar-refractivity contribution in [2.45, 2.75) is 20.8 Å². The minimum atomic E-state index is -0.152. The number of rotatable bonds is 8. The highest BCUT2D eigenvalue weighted by atomic mass is 16.6. The third-order valence-electron chi connectivity index (χ3n) is 2.28. The van der Waals surface area contributed by atoms with E-state index >= 15 is 0 Å². The van der Waals surface area contributed by atoms with E-state index in [9.17, 15) is 4.79 Å². The summed E-state index contributed by atoms with van der Waals surface area (Å²) in [5, 5.41) is 0. The molecule has 0 aliphatic rings. The molecule has 0 aliphatic heterocycles. The van der Waals surface area contributed by atoms with Gasteiger partial charge in [-0.25, -0.2) is 0 Å². The standard InChI is InChI=1S/C11H22O4/c1-9(2)10(3)11(12)15-8-7-14-6-5-13-4/h9-10H,5-8H2,1-4H3. The minimum Gasteiger partial charge on any atom is -0.463 e. The lowest BCUT2D eigenvalue weighted by Gasteiger charge is -2.14. The maximum absolute atomic E-state index is 11.4. The maximum atomic E-state index is 11.4. The monoisotopic (exact) mass is 218 g/mol. The highest BCUT2D eigenvalue weighted by molar-refractivity contribution is 5.72. The van der Waals surface area contributed by atoms with Crippen LogP contribution < -0.4 is 0 Å². The summed E-state index contributed by atoms with van der Waals surface area (Å²) in [5.74, 6) is 0.108. The molecule has 0 aromatic carbocycles. The Labute approximate surface area is 91.9 Å². The molecule has 0 fully saturated rings. The normalized spacial score (nSPS) is 12.9. The predicted octanol–water partition coefficient (Wildman–Crippen LogP) is 1.48. The van der Waals surface area contributed by atoms with Crippen molar-refractivity contribution in [3.63, 3.8) is 0 Å². The summed E-state index contributed by atoms with van der Waals surface area (Å²) >= 11 is 0. The molecule has 0 amide bonds. The molecule has 4 nitrogen and oxygen atoms in total. The predicted molar refractivity (Wildman–Crippen MR) is 57.7 cm³/mol. The molecule has 90 valence electrons. The van der Waals surface area contributed by atoms with Gasteiger partial charge in [0.25, 0.3) is 0 Å². The van der Waals surface area contributed by atoms with Gasteiger partial charge in [-0.15, -0.1) is 0 Å². The van der Waals surface area contributed by atoms with Gasteiger partial charge in [-0.1, -0.05) is 20.8 Å². The van der Waals surface area contributed by atoms with Gasteiger partial charge in [0.2, 0.25) is 0 Å². The molecule has 0 aliphatic carbocycles. The smallest absolute Gasteiger partial charge is 0.308 e. The number of hydrogen-bond donors (Lipinski definition) is 0. The van der Waals surface area contributed by atoms with Crippen molar-refractivity contribution in [2.75, 3.05) is 33.5 Å². The number of methoxy groups -OCH3 is 1. The zero-order valence-electron chi connectivity index (χ0n) is 10.1. The average molecular weight is 218 g/mol. The summed E-state index contributed by atoms with van der Waals surface area (Å²) in [5.41, 5.74) is 0. The molecule has 0 bridgehead atoms. The molecule has 0 saturated heterocycles. The quantitative estimate of drug-likeness (QED) is 0.457. The Bertz CT molecular complexity index is 168. The van der Waals surface area contributed by atoms with E-state index in [1.807, 2.05) is 20.8 Å². The highest BCUT2D eigenvalue weighted by Crippen LogP contribution is 2.10. The SMILES string of the molecule is COCCOCCOC(=O)C(C)C(C)C. The van der Waals surface area contributed by atoms with E-state index in [0.717, 1.165) is 0 Å². The molecule has 0 rings (SSSR count). The van der Waals surface area contributed by atoms with Crippen LogP contribution in [-0.2, 0) is 19.0 Å². The molecular weight excluding hydrogens is 196 g/mol. The summed E-state index contributed by atoms with van der Waals surface area (Å²) in [7, 11) is 1.62. The van der Waals surface area contributed by atoms with Crippen molar-refractivity contribution in [1.29, 1.82) is 0 Å². The van der Waals surface area contributed by atoms with Crippen LogP contribution in [0.1, 0.15) is 20.8 Å². The van der Waals surface area contributed by atoms with Gasteiger partial charge in [0.05, 0.1) is 25.7 Å². The summed E-state index contributed by atoms with van der Waals surface area (Å²) in [6.45, 7) is 7.73. The molecule has 1 unspecified atom stereocenters. The molecule has 1 atom stereocenters. The van der Waals surface area contributed by atoms with Crippen molar-refractivity contribution in [1.82, 2.24) is 0 Å². The Kier molecular flexibility index (Phi) is 8.33. The van der Waals surface area contributed by atoms with Crippen molar-refractivity contribution < 1.29 is 19.0 Å². The first-order valence-corrected chi connectivity index (χ1v) is 5.33. The lowest BCUT2D eigenvalue weighted by atomic mass is 9.99. The first-order chi connectivity index (χ1) is 7.09. The van der Waals surface area contributed by atoms with Gasteiger partial charge < -0.3 is 14.2 Å². The van der Waals surface area contributed by atoms with Gasteiger partial charge in [0, 0.05) is 7.11 Å². The third kappa shape index (κ3) is 7.33. The topological polar surface area (TPSA) is 44.8 Å². The van der Waals surface area contributed by atoms with Gasteiger partial charge in [0.15, 0.2) is 0 Å². The Morgan fingerprint density at radius 3 is 2.20 bits per heavy atom. The highest BCUT2D eigenvalue weighted by Gasteiger charge is 2.17. The Morgan fingerprint density at radius 2 is 1.67 bits per heavy atom. The summed E-state index contributed by atoms with van der Waals surface area (Å²) in [6.07, 6.45) is 0. The molecule has 0 saturated carbocycles. The lowest BCUT2D eigenvalue weighted by molar-refractivity contribution is -0.151. The van der Waals surface area contributed by atoms with Gasteiger partial charge in [-0.2, -0.15) is 0 Å². The first kappa shape index (κ1) is 14.4. The maximum Gasteiger partial charge on any atom is 0.308 e. The molecule has 15 heavy (non-hydrogen) atoms. The molecular formula is C11H22O4. The molecule has 0 radical (unpaired) electrons. The van der Waals surface area contributed by atoms with Crippen molar-refractivity contribution in [3.8, 4) is 0 Å². The van der Waals surface area contributed by atoms with Crippen LogP contribution in [0, 0.1) is 11.8 Å². The van der Waals surface area contributed by atoms with Crippen LogP contribution in [0.5, 0.6) is 0 Å². The van der Waals surface area contributed by atoms with Gasteiger partial charge in [-0.3, -0.25) is 4.79 Å². The average Bonchev–Trinajstić information content (AvgIpc) is 2.21.